The third-order valence-electron chi connectivity index (χ3n) is 5.62. The van der Waals surface area contributed by atoms with E-state index in [9.17, 15) is 9.59 Å². The number of hydrogen-bond donors (Lipinski definition) is 0. The van der Waals surface area contributed by atoms with Crippen molar-refractivity contribution in [2.75, 3.05) is 6.61 Å². The lowest BCUT2D eigenvalue weighted by Gasteiger charge is -2.23. The number of carbonyl (C=O) groups excluding carboxylic acids is 1. The maximum absolute atomic E-state index is 13.6. The SMILES string of the molecule is CCOC(=O)C1=C(C)N=c2s/c(=C\c3ccc(-c4ccc(C)cc4Br)o3)c(=O)n2[C@H]1c1cccs1. The van der Waals surface area contributed by atoms with Crippen molar-refractivity contribution in [2.45, 2.75) is 26.8 Å². The zero-order valence-corrected chi connectivity index (χ0v) is 22.4. The first-order valence-electron chi connectivity index (χ1n) is 11.0. The Kier molecular flexibility index (Phi) is 6.48. The summed E-state index contributed by atoms with van der Waals surface area (Å²) in [6.45, 7) is 5.81. The van der Waals surface area contributed by atoms with Crippen LogP contribution in [0.25, 0.3) is 17.4 Å². The number of carbonyl (C=O) groups is 1. The van der Waals surface area contributed by atoms with Gasteiger partial charge in [-0.25, -0.2) is 9.79 Å². The Morgan fingerprint density at radius 3 is 2.80 bits per heavy atom. The molecule has 0 aliphatic carbocycles. The monoisotopic (exact) mass is 568 g/mol. The maximum atomic E-state index is 13.6. The summed E-state index contributed by atoms with van der Waals surface area (Å²) in [5.41, 5.74) is 2.79. The van der Waals surface area contributed by atoms with Gasteiger partial charge >= 0.3 is 5.97 Å². The van der Waals surface area contributed by atoms with Crippen LogP contribution in [0.1, 0.15) is 36.1 Å². The highest BCUT2D eigenvalue weighted by Crippen LogP contribution is 2.33. The molecule has 0 saturated heterocycles. The van der Waals surface area contributed by atoms with Crippen molar-refractivity contribution >= 4 is 50.6 Å². The van der Waals surface area contributed by atoms with E-state index in [2.05, 4.69) is 20.9 Å². The molecule has 4 aromatic rings. The highest BCUT2D eigenvalue weighted by molar-refractivity contribution is 9.10. The van der Waals surface area contributed by atoms with E-state index in [1.54, 1.807) is 24.5 Å². The minimum atomic E-state index is -0.580. The number of aromatic nitrogens is 1. The van der Waals surface area contributed by atoms with Gasteiger partial charge in [0.05, 0.1) is 22.4 Å². The van der Waals surface area contributed by atoms with Crippen LogP contribution in [0.4, 0.5) is 0 Å². The van der Waals surface area contributed by atoms with Gasteiger partial charge in [0.15, 0.2) is 4.80 Å². The van der Waals surface area contributed by atoms with Gasteiger partial charge in [-0.2, -0.15) is 0 Å². The first kappa shape index (κ1) is 23.7. The quantitative estimate of drug-likeness (QED) is 0.310. The molecule has 0 saturated carbocycles. The van der Waals surface area contributed by atoms with Crippen molar-refractivity contribution in [3.05, 3.63) is 99.5 Å². The number of nitrogens with zero attached hydrogens (tertiary/aromatic N) is 2. The Labute approximate surface area is 217 Å². The molecule has 0 amide bonds. The van der Waals surface area contributed by atoms with E-state index in [0.717, 1.165) is 20.5 Å². The standard InChI is InChI=1S/C26H21BrN2O4S2/c1-4-32-25(31)22-15(3)28-26-29(23(22)20-6-5-11-34-20)24(30)21(35-26)13-16-8-10-19(33-16)17-9-7-14(2)12-18(17)27/h5-13,23H,4H2,1-3H3/b21-13-/t23-/m0/s1. The molecule has 9 heteroatoms. The van der Waals surface area contributed by atoms with Crippen LogP contribution >= 0.6 is 38.6 Å². The third-order valence-corrected chi connectivity index (χ3v) is 8.18. The minimum absolute atomic E-state index is 0.226. The molecule has 4 heterocycles. The summed E-state index contributed by atoms with van der Waals surface area (Å²) in [6, 6.07) is 13.0. The molecule has 35 heavy (non-hydrogen) atoms. The van der Waals surface area contributed by atoms with Crippen LogP contribution < -0.4 is 14.9 Å². The van der Waals surface area contributed by atoms with Crippen LogP contribution in [0.5, 0.6) is 0 Å². The largest absolute Gasteiger partial charge is 0.463 e. The molecule has 0 fully saturated rings. The summed E-state index contributed by atoms with van der Waals surface area (Å²) in [7, 11) is 0. The van der Waals surface area contributed by atoms with E-state index >= 15 is 0 Å². The van der Waals surface area contributed by atoms with Crippen LogP contribution in [0.3, 0.4) is 0 Å². The molecule has 5 rings (SSSR count). The lowest BCUT2D eigenvalue weighted by atomic mass is 10.0. The summed E-state index contributed by atoms with van der Waals surface area (Å²) in [5.74, 6) is 0.806. The summed E-state index contributed by atoms with van der Waals surface area (Å²) >= 11 is 6.36. The number of allylic oxidation sites excluding steroid dienone is 1. The van der Waals surface area contributed by atoms with Gasteiger partial charge in [-0.3, -0.25) is 9.36 Å². The maximum Gasteiger partial charge on any atom is 0.338 e. The number of rotatable bonds is 5. The average molecular weight is 570 g/mol. The number of thiophene rings is 1. The molecule has 0 bridgehead atoms. The zero-order chi connectivity index (χ0) is 24.7. The van der Waals surface area contributed by atoms with Gasteiger partial charge in [0.1, 0.15) is 17.6 Å². The van der Waals surface area contributed by atoms with E-state index in [1.807, 2.05) is 54.8 Å². The van der Waals surface area contributed by atoms with Crippen molar-refractivity contribution in [2.24, 2.45) is 4.99 Å². The van der Waals surface area contributed by atoms with Crippen molar-refractivity contribution in [3.8, 4) is 11.3 Å². The van der Waals surface area contributed by atoms with Crippen molar-refractivity contribution in [1.29, 1.82) is 0 Å². The second kappa shape index (κ2) is 9.56. The molecule has 0 N–H and O–H groups in total. The number of fused-ring (bicyclic) bond motifs is 1. The zero-order valence-electron chi connectivity index (χ0n) is 19.2. The Bertz CT molecular complexity index is 1640. The Morgan fingerprint density at radius 2 is 2.09 bits per heavy atom. The molecule has 3 aromatic heterocycles. The van der Waals surface area contributed by atoms with Crippen molar-refractivity contribution in [1.82, 2.24) is 4.57 Å². The smallest absolute Gasteiger partial charge is 0.338 e. The lowest BCUT2D eigenvalue weighted by Crippen LogP contribution is -2.39. The lowest BCUT2D eigenvalue weighted by molar-refractivity contribution is -0.139. The predicted molar refractivity (Wildman–Crippen MR) is 141 cm³/mol. The number of halogens is 1. The molecular formula is C26H21BrN2O4S2. The number of hydrogen-bond acceptors (Lipinski definition) is 7. The van der Waals surface area contributed by atoms with Gasteiger partial charge < -0.3 is 9.15 Å². The number of thiazole rings is 1. The highest BCUT2D eigenvalue weighted by atomic mass is 79.9. The molecule has 6 nitrogen and oxygen atoms in total. The van der Waals surface area contributed by atoms with Crippen LogP contribution in [0.2, 0.25) is 0 Å². The van der Waals surface area contributed by atoms with Gasteiger partial charge in [-0.1, -0.05) is 39.4 Å². The third kappa shape index (κ3) is 4.39. The first-order chi connectivity index (χ1) is 16.9. The molecule has 178 valence electrons. The van der Waals surface area contributed by atoms with Crippen molar-refractivity contribution in [3.63, 3.8) is 0 Å². The van der Waals surface area contributed by atoms with Gasteiger partial charge in [0.2, 0.25) is 0 Å². The fourth-order valence-corrected chi connectivity index (χ4v) is 6.57. The number of esters is 1. The summed E-state index contributed by atoms with van der Waals surface area (Å²) in [5, 5.41) is 1.93. The summed E-state index contributed by atoms with van der Waals surface area (Å²) in [4.78, 5) is 32.4. The van der Waals surface area contributed by atoms with Crippen LogP contribution in [0.15, 0.2) is 77.8 Å². The number of furan rings is 1. The molecule has 1 aliphatic rings. The molecule has 1 atom stereocenters. The van der Waals surface area contributed by atoms with E-state index in [4.69, 9.17) is 9.15 Å². The van der Waals surface area contributed by atoms with Crippen LogP contribution in [-0.2, 0) is 9.53 Å². The Hall–Kier alpha value is -3.01. The van der Waals surface area contributed by atoms with Gasteiger partial charge in [-0.05, 0) is 62.0 Å². The summed E-state index contributed by atoms with van der Waals surface area (Å²) in [6.07, 6.45) is 1.73. The van der Waals surface area contributed by atoms with Crippen LogP contribution in [-0.4, -0.2) is 17.1 Å². The topological polar surface area (TPSA) is 73.8 Å². The minimum Gasteiger partial charge on any atom is -0.463 e. The predicted octanol–water partition coefficient (Wildman–Crippen LogP) is 5.19. The number of benzene rings is 1. The second-order valence-corrected chi connectivity index (χ2v) is 10.8. The van der Waals surface area contributed by atoms with Gasteiger partial charge in [0.25, 0.3) is 5.56 Å². The fraction of sp³-hybridized carbons (Fsp3) is 0.192. The van der Waals surface area contributed by atoms with E-state index in [0.29, 0.717) is 32.1 Å². The average Bonchev–Trinajstić information content (AvgIpc) is 3.55. The number of aryl methyl sites for hydroxylation is 1. The van der Waals surface area contributed by atoms with Gasteiger partial charge in [-0.15, -0.1) is 11.3 Å². The first-order valence-corrected chi connectivity index (χ1v) is 13.5. The molecule has 1 aromatic carbocycles. The number of ether oxygens (including phenoxy) is 1. The Balaban J connectivity index is 1.62. The molecule has 0 unspecified atom stereocenters. The van der Waals surface area contributed by atoms with Crippen LogP contribution in [0, 0.1) is 6.92 Å². The summed E-state index contributed by atoms with van der Waals surface area (Å²) < 4.78 is 14.4. The molecule has 1 aliphatic heterocycles. The molecular weight excluding hydrogens is 548 g/mol. The van der Waals surface area contributed by atoms with Gasteiger partial charge in [0, 0.05) is 21.0 Å². The van der Waals surface area contributed by atoms with E-state index in [-0.39, 0.29) is 12.2 Å². The normalized spacial score (nSPS) is 15.8. The molecule has 0 radical (unpaired) electrons. The van der Waals surface area contributed by atoms with E-state index < -0.39 is 12.0 Å². The second-order valence-electron chi connectivity index (χ2n) is 8.00. The Morgan fingerprint density at radius 1 is 1.26 bits per heavy atom. The molecule has 0 spiro atoms. The van der Waals surface area contributed by atoms with E-state index in [1.165, 1.54) is 22.7 Å². The fourth-order valence-electron chi connectivity index (χ4n) is 4.03. The highest BCUT2D eigenvalue weighted by Gasteiger charge is 2.33. The van der Waals surface area contributed by atoms with Crippen molar-refractivity contribution < 1.29 is 13.9 Å².